The largest absolute Gasteiger partial charge is 0.434 e. The number of oxazole rings is 1. The van der Waals surface area contributed by atoms with Gasteiger partial charge in [-0.1, -0.05) is 42.5 Å². The van der Waals surface area contributed by atoms with Gasteiger partial charge in [0.15, 0.2) is 15.4 Å². The molecule has 0 radical (unpaired) electrons. The number of sulfone groups is 1. The van der Waals surface area contributed by atoms with Crippen molar-refractivity contribution in [2.75, 3.05) is 19.8 Å². The normalized spacial score (nSPS) is 16.2. The van der Waals surface area contributed by atoms with Gasteiger partial charge in [-0.2, -0.15) is 0 Å². The Hall–Kier alpha value is -3.08. The van der Waals surface area contributed by atoms with Gasteiger partial charge < -0.3 is 19.6 Å². The predicted molar refractivity (Wildman–Crippen MR) is 142 cm³/mol. The van der Waals surface area contributed by atoms with E-state index in [1.807, 2.05) is 6.07 Å². The molecule has 2 N–H and O–H groups in total. The highest BCUT2D eigenvalue weighted by Crippen LogP contribution is 2.25. The van der Waals surface area contributed by atoms with E-state index in [0.717, 1.165) is 0 Å². The molecule has 0 spiro atoms. The summed E-state index contributed by atoms with van der Waals surface area (Å²) in [5.41, 5.74) is 1.76. The van der Waals surface area contributed by atoms with Crippen LogP contribution in [0.1, 0.15) is 54.8 Å². The molecule has 3 aromatic rings. The maximum atomic E-state index is 13.3. The van der Waals surface area contributed by atoms with Crippen LogP contribution in [0.25, 0.3) is 11.1 Å². The van der Waals surface area contributed by atoms with Gasteiger partial charge in [0, 0.05) is 26.2 Å². The van der Waals surface area contributed by atoms with Crippen LogP contribution in [0.3, 0.4) is 0 Å². The average molecular weight is 543 g/mol. The molecular formula is C28H34N2O7S. The molecule has 204 valence electrons. The Bertz CT molecular complexity index is 1280. The molecule has 0 saturated carbocycles. The molecule has 1 saturated heterocycles. The van der Waals surface area contributed by atoms with Gasteiger partial charge in [-0.05, 0) is 55.7 Å². The van der Waals surface area contributed by atoms with Gasteiger partial charge in [-0.25, -0.2) is 13.4 Å². The fraction of sp³-hybridized carbons (Fsp3) is 0.464. The van der Waals surface area contributed by atoms with Crippen molar-refractivity contribution >= 4 is 32.6 Å². The van der Waals surface area contributed by atoms with E-state index >= 15 is 0 Å². The average Bonchev–Trinajstić information content (AvgIpc) is 3.36. The number of nitrogens with zero attached hydrogens (tertiary/aromatic N) is 1. The van der Waals surface area contributed by atoms with Crippen molar-refractivity contribution in [2.24, 2.45) is 5.92 Å². The quantitative estimate of drug-likeness (QED) is 0.248. The van der Waals surface area contributed by atoms with Crippen molar-refractivity contribution in [3.05, 3.63) is 66.1 Å². The maximum Gasteiger partial charge on any atom is 0.264 e. The van der Waals surface area contributed by atoms with E-state index < -0.39 is 27.1 Å². The van der Waals surface area contributed by atoms with Gasteiger partial charge in [0.1, 0.15) is 10.8 Å². The van der Waals surface area contributed by atoms with Crippen LogP contribution in [-0.4, -0.2) is 61.3 Å². The molecule has 2 aromatic carbocycles. The number of rotatable bonds is 13. The summed E-state index contributed by atoms with van der Waals surface area (Å²) < 4.78 is 37.5. The van der Waals surface area contributed by atoms with E-state index in [1.54, 1.807) is 48.5 Å². The molecule has 4 rings (SSSR count). The second-order valence-electron chi connectivity index (χ2n) is 9.69. The zero-order valence-electron chi connectivity index (χ0n) is 21.3. The van der Waals surface area contributed by atoms with E-state index in [-0.39, 0.29) is 42.7 Å². The maximum absolute atomic E-state index is 13.3. The minimum atomic E-state index is -3.89. The topological polar surface area (TPSA) is 136 Å². The van der Waals surface area contributed by atoms with Gasteiger partial charge in [-0.15, -0.1) is 0 Å². The van der Waals surface area contributed by atoms with Crippen LogP contribution < -0.4 is 5.32 Å². The number of para-hydroxylation sites is 2. The molecular weight excluding hydrogens is 508 g/mol. The fourth-order valence-electron chi connectivity index (χ4n) is 4.67. The van der Waals surface area contributed by atoms with Crippen LogP contribution in [0, 0.1) is 5.92 Å². The standard InChI is InChI=1S/C28H34N2O7S/c31-23(28-30-22-10-4-5-12-25(22)37-28)11-6-7-15-29-27(33)26(18-24(32)21-13-16-36-17-14-21)38(34,35)19-20-8-2-1-3-9-20/h1-5,8-10,12,21,24,26,32H,6-7,11,13-19H2,(H,29,33). The Morgan fingerprint density at radius 1 is 1.03 bits per heavy atom. The minimum Gasteiger partial charge on any atom is -0.434 e. The van der Waals surface area contributed by atoms with Crippen LogP contribution in [0.2, 0.25) is 0 Å². The Kier molecular flexibility index (Phi) is 9.65. The highest BCUT2D eigenvalue weighted by Gasteiger charge is 2.36. The van der Waals surface area contributed by atoms with E-state index in [2.05, 4.69) is 10.3 Å². The molecule has 2 unspecified atom stereocenters. The summed E-state index contributed by atoms with van der Waals surface area (Å²) in [7, 11) is -3.89. The van der Waals surface area contributed by atoms with Crippen LogP contribution in [0.4, 0.5) is 0 Å². The van der Waals surface area contributed by atoms with Gasteiger partial charge in [0.25, 0.3) is 5.89 Å². The zero-order chi connectivity index (χ0) is 27.0. The number of aliphatic hydroxyl groups is 1. The van der Waals surface area contributed by atoms with E-state index in [4.69, 9.17) is 9.15 Å². The van der Waals surface area contributed by atoms with E-state index in [9.17, 15) is 23.1 Å². The smallest absolute Gasteiger partial charge is 0.264 e. The number of hydrogen-bond donors (Lipinski definition) is 2. The molecule has 0 aliphatic carbocycles. The van der Waals surface area contributed by atoms with Crippen molar-refractivity contribution in [3.63, 3.8) is 0 Å². The van der Waals surface area contributed by atoms with Crippen LogP contribution in [-0.2, 0) is 25.1 Å². The number of Topliss-reactive ketones (excluding diaryl/α,β-unsaturated/α-hetero) is 1. The lowest BCUT2D eigenvalue weighted by molar-refractivity contribution is -0.121. The van der Waals surface area contributed by atoms with E-state index in [0.29, 0.717) is 55.6 Å². The molecule has 0 bridgehead atoms. The number of fused-ring (bicyclic) bond motifs is 1. The zero-order valence-corrected chi connectivity index (χ0v) is 22.1. The summed E-state index contributed by atoms with van der Waals surface area (Å²) in [6.45, 7) is 1.24. The summed E-state index contributed by atoms with van der Waals surface area (Å²) in [6, 6.07) is 15.8. The highest BCUT2D eigenvalue weighted by atomic mass is 32.2. The highest BCUT2D eigenvalue weighted by molar-refractivity contribution is 7.92. The third-order valence-electron chi connectivity index (χ3n) is 6.86. The molecule has 38 heavy (non-hydrogen) atoms. The van der Waals surface area contributed by atoms with Crippen LogP contribution in [0.5, 0.6) is 0 Å². The molecule has 1 amide bonds. The SMILES string of the molecule is O=C(CCCCNC(=O)C(CC(O)C1CCOCC1)S(=O)(=O)Cc1ccccc1)c1nc2ccccc2o1. The summed E-state index contributed by atoms with van der Waals surface area (Å²) in [5.74, 6) is -1.19. The van der Waals surface area contributed by atoms with Gasteiger partial charge in [-0.3, -0.25) is 9.59 Å². The molecule has 2 atom stereocenters. The first-order valence-electron chi connectivity index (χ1n) is 13.0. The lowest BCUT2D eigenvalue weighted by atomic mass is 9.91. The Balaban J connectivity index is 1.32. The Morgan fingerprint density at radius 2 is 1.74 bits per heavy atom. The number of hydrogen-bond acceptors (Lipinski definition) is 8. The molecule has 1 aromatic heterocycles. The first-order chi connectivity index (χ1) is 18.3. The number of nitrogens with one attached hydrogen (secondary N) is 1. The Morgan fingerprint density at radius 3 is 2.47 bits per heavy atom. The number of unbranched alkanes of at least 4 members (excludes halogenated alkanes) is 1. The second kappa shape index (κ2) is 13.1. The first-order valence-corrected chi connectivity index (χ1v) is 14.7. The lowest BCUT2D eigenvalue weighted by Crippen LogP contribution is -2.44. The molecule has 1 fully saturated rings. The van der Waals surface area contributed by atoms with Crippen molar-refractivity contribution in [3.8, 4) is 0 Å². The summed E-state index contributed by atoms with van der Waals surface area (Å²) in [6.07, 6.45) is 1.32. The summed E-state index contributed by atoms with van der Waals surface area (Å²) >= 11 is 0. The van der Waals surface area contributed by atoms with Gasteiger partial charge in [0.05, 0.1) is 11.9 Å². The van der Waals surface area contributed by atoms with E-state index in [1.165, 1.54) is 0 Å². The van der Waals surface area contributed by atoms with Gasteiger partial charge >= 0.3 is 0 Å². The summed E-state index contributed by atoms with van der Waals surface area (Å²) in [4.78, 5) is 29.7. The van der Waals surface area contributed by atoms with Gasteiger partial charge in [0.2, 0.25) is 11.7 Å². The summed E-state index contributed by atoms with van der Waals surface area (Å²) in [5, 5.41) is 12.1. The molecule has 9 nitrogen and oxygen atoms in total. The number of carbonyl (C=O) groups is 2. The minimum absolute atomic E-state index is 0.0596. The van der Waals surface area contributed by atoms with Crippen molar-refractivity contribution < 1.29 is 32.3 Å². The molecule has 2 heterocycles. The number of benzene rings is 2. The van der Waals surface area contributed by atoms with Crippen molar-refractivity contribution in [1.29, 1.82) is 0 Å². The number of ether oxygens (including phenoxy) is 1. The fourth-order valence-corrected chi connectivity index (χ4v) is 6.43. The number of amides is 1. The Labute approximate surface area is 222 Å². The lowest BCUT2D eigenvalue weighted by Gasteiger charge is -2.29. The van der Waals surface area contributed by atoms with Crippen molar-refractivity contribution in [2.45, 2.75) is 55.6 Å². The van der Waals surface area contributed by atoms with Crippen LogP contribution in [0.15, 0.2) is 59.0 Å². The molecule has 1 aliphatic heterocycles. The van der Waals surface area contributed by atoms with Crippen LogP contribution >= 0.6 is 0 Å². The third kappa shape index (κ3) is 7.49. The third-order valence-corrected chi connectivity index (χ3v) is 8.87. The monoisotopic (exact) mass is 542 g/mol. The first kappa shape index (κ1) is 27.9. The number of ketones is 1. The predicted octanol–water partition coefficient (Wildman–Crippen LogP) is 3.46. The molecule has 10 heteroatoms. The second-order valence-corrected chi connectivity index (χ2v) is 11.9. The van der Waals surface area contributed by atoms with Crippen molar-refractivity contribution in [1.82, 2.24) is 10.3 Å². The molecule has 1 aliphatic rings. The number of aliphatic hydroxyl groups excluding tert-OH is 1. The number of aromatic nitrogens is 1. The number of carbonyl (C=O) groups excluding carboxylic acids is 2.